The molecular formula is C17H15N7. The molecule has 0 aliphatic carbocycles. The number of nitrogen functional groups attached to an aromatic ring is 1. The van der Waals surface area contributed by atoms with Crippen molar-refractivity contribution in [3.8, 4) is 11.4 Å². The summed E-state index contributed by atoms with van der Waals surface area (Å²) in [5.41, 5.74) is 9.80. The van der Waals surface area contributed by atoms with Crippen LogP contribution in [0.4, 0.5) is 17.2 Å². The normalized spacial score (nSPS) is 11.5. The van der Waals surface area contributed by atoms with Gasteiger partial charge >= 0.3 is 0 Å². The molecule has 0 atom stereocenters. The molecule has 0 saturated heterocycles. The molecule has 3 N–H and O–H groups in total. The highest BCUT2D eigenvalue weighted by atomic mass is 15.2. The zero-order chi connectivity index (χ0) is 16.5. The Morgan fingerprint density at radius 1 is 1.12 bits per heavy atom. The lowest BCUT2D eigenvalue weighted by Gasteiger charge is -2.01. The van der Waals surface area contributed by atoms with Crippen LogP contribution in [-0.4, -0.2) is 19.7 Å². The van der Waals surface area contributed by atoms with E-state index < -0.39 is 0 Å². The fourth-order valence-electron chi connectivity index (χ4n) is 2.58. The minimum Gasteiger partial charge on any atom is -0.380 e. The minimum atomic E-state index is 0.317. The molecule has 1 aromatic carbocycles. The van der Waals surface area contributed by atoms with Crippen LogP contribution in [0.5, 0.6) is 0 Å². The van der Waals surface area contributed by atoms with Gasteiger partial charge in [0.05, 0.1) is 16.9 Å². The third kappa shape index (κ3) is 2.41. The Morgan fingerprint density at radius 3 is 2.88 bits per heavy atom. The Labute approximate surface area is 137 Å². The van der Waals surface area contributed by atoms with Gasteiger partial charge in [0, 0.05) is 24.8 Å². The molecule has 0 saturated carbocycles. The van der Waals surface area contributed by atoms with E-state index in [-0.39, 0.29) is 0 Å². The van der Waals surface area contributed by atoms with Crippen molar-refractivity contribution in [3.63, 3.8) is 0 Å². The Morgan fingerprint density at radius 2 is 2.04 bits per heavy atom. The molecule has 0 aliphatic heterocycles. The number of nitrogens with one attached hydrogen (secondary N) is 1. The molecule has 0 aliphatic rings. The first-order valence-electron chi connectivity index (χ1n) is 7.44. The number of hydrogen-bond donors (Lipinski definition) is 2. The fraction of sp³-hybridized carbons (Fsp3) is 0.0588. The number of nitrogens with two attached hydrogens (primary N) is 1. The van der Waals surface area contributed by atoms with Crippen LogP contribution in [-0.2, 0) is 7.05 Å². The van der Waals surface area contributed by atoms with E-state index in [0.717, 1.165) is 28.0 Å². The first-order chi connectivity index (χ1) is 11.7. The summed E-state index contributed by atoms with van der Waals surface area (Å²) in [5.74, 6) is 0.317. The zero-order valence-corrected chi connectivity index (χ0v) is 13.0. The number of benzene rings is 1. The topological polar surface area (TPSA) is 97.2 Å². The number of aryl methyl sites for hydroxylation is 1. The molecule has 118 valence electrons. The Balaban J connectivity index is 1.73. The van der Waals surface area contributed by atoms with E-state index >= 15 is 0 Å². The number of rotatable bonds is 3. The maximum atomic E-state index is 5.94. The van der Waals surface area contributed by atoms with Crippen molar-refractivity contribution in [1.82, 2.24) is 19.7 Å². The monoisotopic (exact) mass is 317 g/mol. The molecule has 7 nitrogen and oxygen atoms in total. The van der Waals surface area contributed by atoms with E-state index in [1.54, 1.807) is 6.20 Å². The summed E-state index contributed by atoms with van der Waals surface area (Å²) < 4.78 is 1.97. The Hall–Kier alpha value is -3.48. The van der Waals surface area contributed by atoms with Crippen LogP contribution in [0.25, 0.3) is 22.3 Å². The van der Waals surface area contributed by atoms with Gasteiger partial charge in [0.25, 0.3) is 0 Å². The number of nitrogens with zero attached hydrogens (tertiary/aromatic N) is 5. The summed E-state index contributed by atoms with van der Waals surface area (Å²) in [4.78, 5) is 4.29. The third-order valence-corrected chi connectivity index (χ3v) is 3.82. The van der Waals surface area contributed by atoms with Crippen LogP contribution in [0.3, 0.4) is 0 Å². The quantitative estimate of drug-likeness (QED) is 0.559. The van der Waals surface area contributed by atoms with E-state index in [9.17, 15) is 0 Å². The first-order valence-corrected chi connectivity index (χ1v) is 7.44. The number of aromatic amines is 1. The molecular weight excluding hydrogens is 302 g/mol. The van der Waals surface area contributed by atoms with Crippen LogP contribution in [0, 0.1) is 0 Å². The standard InChI is InChI=1S/C17H15N7/c1-24-9-3-5-14(24)15-16(17(18)23-21-15)22-20-12-6-7-13-11(10-12)4-2-8-19-13/h2-10H,1H3,(H3,18,21,23). The number of fused-ring (bicyclic) bond motifs is 1. The molecule has 4 aromatic rings. The number of H-pyrrole nitrogens is 1. The lowest BCUT2D eigenvalue weighted by molar-refractivity contribution is 0.926. The lowest BCUT2D eigenvalue weighted by atomic mass is 10.2. The average Bonchev–Trinajstić information content (AvgIpc) is 3.18. The highest BCUT2D eigenvalue weighted by Crippen LogP contribution is 2.34. The molecule has 3 heterocycles. The van der Waals surface area contributed by atoms with Gasteiger partial charge in [0.1, 0.15) is 5.69 Å². The van der Waals surface area contributed by atoms with Gasteiger partial charge < -0.3 is 10.3 Å². The molecule has 4 rings (SSSR count). The van der Waals surface area contributed by atoms with Crippen LogP contribution >= 0.6 is 0 Å². The van der Waals surface area contributed by atoms with Crippen molar-refractivity contribution >= 4 is 28.1 Å². The van der Waals surface area contributed by atoms with Gasteiger partial charge in [-0.3, -0.25) is 10.1 Å². The summed E-state index contributed by atoms with van der Waals surface area (Å²) in [6, 6.07) is 13.5. The first kappa shape index (κ1) is 14.1. The predicted molar refractivity (Wildman–Crippen MR) is 93.3 cm³/mol. The van der Waals surface area contributed by atoms with E-state index in [2.05, 4.69) is 25.4 Å². The van der Waals surface area contributed by atoms with Crippen molar-refractivity contribution in [2.75, 3.05) is 5.73 Å². The summed E-state index contributed by atoms with van der Waals surface area (Å²) in [6.45, 7) is 0. The maximum absolute atomic E-state index is 5.94. The van der Waals surface area contributed by atoms with Crippen molar-refractivity contribution in [2.45, 2.75) is 0 Å². The van der Waals surface area contributed by atoms with Crippen LogP contribution < -0.4 is 5.73 Å². The summed E-state index contributed by atoms with van der Waals surface area (Å²) in [6.07, 6.45) is 3.71. The SMILES string of the molecule is Cn1cccc1-c1[nH]nc(N)c1N=Nc1ccc2ncccc2c1. The number of pyridine rings is 1. The third-order valence-electron chi connectivity index (χ3n) is 3.82. The number of anilines is 1. The second kappa shape index (κ2) is 5.62. The molecule has 0 spiro atoms. The Kier molecular flexibility index (Phi) is 3.31. The van der Waals surface area contributed by atoms with E-state index in [0.29, 0.717) is 11.5 Å². The van der Waals surface area contributed by atoms with Gasteiger partial charge in [-0.05, 0) is 36.4 Å². The average molecular weight is 317 g/mol. The van der Waals surface area contributed by atoms with E-state index in [1.165, 1.54) is 0 Å². The second-order valence-corrected chi connectivity index (χ2v) is 5.42. The summed E-state index contributed by atoms with van der Waals surface area (Å²) in [7, 11) is 1.95. The maximum Gasteiger partial charge on any atom is 0.173 e. The van der Waals surface area contributed by atoms with Crippen LogP contribution in [0.15, 0.2) is 65.1 Å². The van der Waals surface area contributed by atoms with Gasteiger partial charge in [-0.15, -0.1) is 5.11 Å². The van der Waals surface area contributed by atoms with Crippen molar-refractivity contribution in [2.24, 2.45) is 17.3 Å². The van der Waals surface area contributed by atoms with Gasteiger partial charge in [-0.25, -0.2) is 0 Å². The molecule has 7 heteroatoms. The molecule has 0 radical (unpaired) electrons. The minimum absolute atomic E-state index is 0.317. The molecule has 3 aromatic heterocycles. The summed E-state index contributed by atoms with van der Waals surface area (Å²) in [5, 5.41) is 16.6. The summed E-state index contributed by atoms with van der Waals surface area (Å²) >= 11 is 0. The van der Waals surface area contributed by atoms with Gasteiger partial charge in [0.15, 0.2) is 11.5 Å². The number of azo groups is 1. The van der Waals surface area contributed by atoms with Gasteiger partial charge in [-0.1, -0.05) is 6.07 Å². The van der Waals surface area contributed by atoms with E-state index in [1.807, 2.05) is 60.3 Å². The molecule has 0 unspecified atom stereocenters. The number of aromatic nitrogens is 4. The van der Waals surface area contributed by atoms with Crippen LogP contribution in [0.1, 0.15) is 0 Å². The molecule has 0 bridgehead atoms. The highest BCUT2D eigenvalue weighted by Gasteiger charge is 2.14. The molecule has 24 heavy (non-hydrogen) atoms. The van der Waals surface area contributed by atoms with Gasteiger partial charge in [0.2, 0.25) is 0 Å². The lowest BCUT2D eigenvalue weighted by Crippen LogP contribution is -1.89. The van der Waals surface area contributed by atoms with Crippen molar-refractivity contribution in [3.05, 3.63) is 54.9 Å². The molecule has 0 amide bonds. The van der Waals surface area contributed by atoms with Crippen molar-refractivity contribution in [1.29, 1.82) is 0 Å². The largest absolute Gasteiger partial charge is 0.380 e. The van der Waals surface area contributed by atoms with Gasteiger partial charge in [-0.2, -0.15) is 10.2 Å². The fourth-order valence-corrected chi connectivity index (χ4v) is 2.58. The number of hydrogen-bond acceptors (Lipinski definition) is 5. The smallest absolute Gasteiger partial charge is 0.173 e. The second-order valence-electron chi connectivity index (χ2n) is 5.42. The Bertz CT molecular complexity index is 1040. The predicted octanol–water partition coefficient (Wildman–Crippen LogP) is 3.96. The van der Waals surface area contributed by atoms with Crippen molar-refractivity contribution < 1.29 is 0 Å². The molecule has 0 fully saturated rings. The zero-order valence-electron chi connectivity index (χ0n) is 13.0. The highest BCUT2D eigenvalue weighted by molar-refractivity contribution is 5.81. The van der Waals surface area contributed by atoms with Crippen LogP contribution in [0.2, 0.25) is 0 Å². The van der Waals surface area contributed by atoms with E-state index in [4.69, 9.17) is 5.73 Å².